The van der Waals surface area contributed by atoms with Gasteiger partial charge in [-0.1, -0.05) is 17.3 Å². The largest absolute Gasteiger partial charge is 0.418 e. The molecule has 0 atom stereocenters. The first-order valence-corrected chi connectivity index (χ1v) is 10.1. The normalized spacial score (nSPS) is 14.5. The second kappa shape index (κ2) is 8.68. The van der Waals surface area contributed by atoms with Gasteiger partial charge in [0.1, 0.15) is 5.82 Å². The van der Waals surface area contributed by atoms with Crippen molar-refractivity contribution < 1.29 is 31.7 Å². The maximum atomic E-state index is 13.3. The zero-order chi connectivity index (χ0) is 23.6. The van der Waals surface area contributed by atoms with Crippen LogP contribution in [-0.2, 0) is 17.5 Å². The van der Waals surface area contributed by atoms with Gasteiger partial charge in [-0.15, -0.1) is 0 Å². The highest BCUT2D eigenvalue weighted by Gasteiger charge is 2.51. The summed E-state index contributed by atoms with van der Waals surface area (Å²) in [6.45, 7) is 0.196. The maximum Gasteiger partial charge on any atom is 0.418 e. The molecule has 2 aromatic carbocycles. The average Bonchev–Trinajstić information content (AvgIpc) is 3.33. The third-order valence-corrected chi connectivity index (χ3v) is 5.52. The van der Waals surface area contributed by atoms with Crippen molar-refractivity contribution in [3.63, 3.8) is 0 Å². The van der Waals surface area contributed by atoms with Crippen molar-refractivity contribution in [3.05, 3.63) is 77.4 Å². The standard InChI is InChI=1S/C23H19F4N3O3/c24-15-3-6-18(17(11-15)23(25,26)27)30-16-4-1-14(2-5-16)13-28-21(32)22(8-9-22)12-19(31)20-7-10-29-33-20/h1-7,10-11,30H,8-9,12-13H2,(H,28,32). The van der Waals surface area contributed by atoms with Crippen LogP contribution in [0.3, 0.4) is 0 Å². The van der Waals surface area contributed by atoms with E-state index in [9.17, 15) is 27.2 Å². The van der Waals surface area contributed by atoms with Crippen LogP contribution in [0.15, 0.2) is 59.3 Å². The molecule has 2 N–H and O–H groups in total. The summed E-state index contributed by atoms with van der Waals surface area (Å²) in [6, 6.07) is 10.3. The highest BCUT2D eigenvalue weighted by molar-refractivity contribution is 5.98. The van der Waals surface area contributed by atoms with Crippen LogP contribution in [-0.4, -0.2) is 16.8 Å². The lowest BCUT2D eigenvalue weighted by Gasteiger charge is -2.16. The van der Waals surface area contributed by atoms with Crippen molar-refractivity contribution in [2.45, 2.75) is 32.0 Å². The van der Waals surface area contributed by atoms with Crippen molar-refractivity contribution in [2.75, 3.05) is 5.32 Å². The molecule has 0 saturated heterocycles. The molecule has 1 aliphatic rings. The molecule has 172 valence electrons. The van der Waals surface area contributed by atoms with E-state index in [0.717, 1.165) is 17.7 Å². The second-order valence-electron chi connectivity index (χ2n) is 7.95. The van der Waals surface area contributed by atoms with Crippen LogP contribution < -0.4 is 10.6 Å². The Bertz CT molecular complexity index is 1150. The van der Waals surface area contributed by atoms with Crippen molar-refractivity contribution >= 4 is 23.1 Å². The summed E-state index contributed by atoms with van der Waals surface area (Å²) >= 11 is 0. The molecule has 1 saturated carbocycles. The van der Waals surface area contributed by atoms with Crippen LogP contribution in [0.25, 0.3) is 0 Å². The van der Waals surface area contributed by atoms with E-state index in [-0.39, 0.29) is 36.1 Å². The van der Waals surface area contributed by atoms with Crippen molar-refractivity contribution in [2.24, 2.45) is 5.41 Å². The van der Waals surface area contributed by atoms with Crippen molar-refractivity contribution in [1.29, 1.82) is 0 Å². The van der Waals surface area contributed by atoms with E-state index < -0.39 is 23.0 Å². The molecule has 33 heavy (non-hydrogen) atoms. The van der Waals surface area contributed by atoms with Crippen LogP contribution in [0.1, 0.15) is 40.9 Å². The van der Waals surface area contributed by atoms with Gasteiger partial charge in [-0.05, 0) is 48.7 Å². The maximum absolute atomic E-state index is 13.3. The van der Waals surface area contributed by atoms with E-state index in [4.69, 9.17) is 4.52 Å². The summed E-state index contributed by atoms with van der Waals surface area (Å²) < 4.78 is 57.6. The van der Waals surface area contributed by atoms with Crippen molar-refractivity contribution in [1.82, 2.24) is 10.5 Å². The Kier molecular flexibility index (Phi) is 5.92. The molecule has 4 rings (SSSR count). The zero-order valence-electron chi connectivity index (χ0n) is 17.2. The van der Waals surface area contributed by atoms with Gasteiger partial charge in [-0.25, -0.2) is 4.39 Å². The molecule has 1 aliphatic carbocycles. The molecule has 0 bridgehead atoms. The number of carbonyl (C=O) groups is 2. The molecule has 1 amide bonds. The highest BCUT2D eigenvalue weighted by Crippen LogP contribution is 2.49. The lowest BCUT2D eigenvalue weighted by atomic mass is 9.97. The monoisotopic (exact) mass is 461 g/mol. The molecule has 1 heterocycles. The van der Waals surface area contributed by atoms with E-state index >= 15 is 0 Å². The highest BCUT2D eigenvalue weighted by atomic mass is 19.4. The molecule has 10 heteroatoms. The molecule has 1 fully saturated rings. The lowest BCUT2D eigenvalue weighted by molar-refractivity contribution is -0.137. The third kappa shape index (κ3) is 5.21. The topological polar surface area (TPSA) is 84.2 Å². The van der Waals surface area contributed by atoms with Crippen molar-refractivity contribution in [3.8, 4) is 0 Å². The number of Topliss-reactive ketones (excluding diaryl/α,β-unsaturated/α-hetero) is 1. The van der Waals surface area contributed by atoms with Gasteiger partial charge in [0.15, 0.2) is 0 Å². The van der Waals surface area contributed by atoms with Gasteiger partial charge in [0.05, 0.1) is 22.9 Å². The van der Waals surface area contributed by atoms with E-state index in [1.165, 1.54) is 12.3 Å². The molecule has 0 spiro atoms. The van der Waals surface area contributed by atoms with Crippen LogP contribution in [0.2, 0.25) is 0 Å². The summed E-state index contributed by atoms with van der Waals surface area (Å²) in [4.78, 5) is 24.8. The van der Waals surface area contributed by atoms with Crippen LogP contribution in [0.5, 0.6) is 0 Å². The Hall–Kier alpha value is -3.69. The number of ketones is 1. The molecule has 1 aromatic heterocycles. The minimum atomic E-state index is -4.71. The molecule has 3 aromatic rings. The Morgan fingerprint density at radius 3 is 2.39 bits per heavy atom. The number of hydrogen-bond acceptors (Lipinski definition) is 5. The first kappa shape index (κ1) is 22.5. The van der Waals surface area contributed by atoms with E-state index in [1.807, 2.05) is 0 Å². The first-order valence-electron chi connectivity index (χ1n) is 10.1. The number of nitrogens with zero attached hydrogens (tertiary/aromatic N) is 1. The summed E-state index contributed by atoms with van der Waals surface area (Å²) in [5.74, 6) is -1.38. The SMILES string of the molecule is O=C(CC1(C(=O)NCc2ccc(Nc3ccc(F)cc3C(F)(F)F)cc2)CC1)c1ccno1. The minimum absolute atomic E-state index is 0.0378. The molecule has 0 radical (unpaired) electrons. The number of anilines is 2. The number of nitrogens with one attached hydrogen (secondary N) is 2. The number of benzene rings is 2. The minimum Gasteiger partial charge on any atom is -0.355 e. The Morgan fingerprint density at radius 2 is 1.79 bits per heavy atom. The van der Waals surface area contributed by atoms with Gasteiger partial charge >= 0.3 is 6.18 Å². The van der Waals surface area contributed by atoms with Gasteiger partial charge in [-0.2, -0.15) is 13.2 Å². The van der Waals surface area contributed by atoms with Crippen LogP contribution in [0.4, 0.5) is 28.9 Å². The first-order chi connectivity index (χ1) is 15.7. The fourth-order valence-corrected chi connectivity index (χ4v) is 3.48. The number of hydrogen-bond donors (Lipinski definition) is 2. The predicted octanol–water partition coefficient (Wildman–Crippen LogP) is 5.25. The Balaban J connectivity index is 1.35. The fraction of sp³-hybridized carbons (Fsp3) is 0.261. The Morgan fingerprint density at radius 1 is 1.06 bits per heavy atom. The quantitative estimate of drug-likeness (QED) is 0.354. The summed E-state index contributed by atoms with van der Waals surface area (Å²) in [7, 11) is 0. The number of alkyl halides is 3. The molecule has 6 nitrogen and oxygen atoms in total. The smallest absolute Gasteiger partial charge is 0.355 e. The molecular weight excluding hydrogens is 442 g/mol. The number of amides is 1. The molecule has 0 unspecified atom stereocenters. The van der Waals surface area contributed by atoms with E-state index in [2.05, 4.69) is 15.8 Å². The number of rotatable bonds is 8. The second-order valence-corrected chi connectivity index (χ2v) is 7.95. The fourth-order valence-electron chi connectivity index (χ4n) is 3.48. The van der Waals surface area contributed by atoms with Gasteiger partial charge in [0.25, 0.3) is 0 Å². The van der Waals surface area contributed by atoms with E-state index in [1.54, 1.807) is 24.3 Å². The predicted molar refractivity (Wildman–Crippen MR) is 110 cm³/mol. The van der Waals surface area contributed by atoms with Gasteiger partial charge in [0, 0.05) is 24.7 Å². The Labute approximate surface area is 186 Å². The summed E-state index contributed by atoms with van der Waals surface area (Å²) in [5, 5.41) is 8.95. The number of aromatic nitrogens is 1. The summed E-state index contributed by atoms with van der Waals surface area (Å²) in [6.07, 6.45) is -2.11. The molecular formula is C23H19F4N3O3. The van der Waals surface area contributed by atoms with Gasteiger partial charge in [0.2, 0.25) is 17.5 Å². The number of halogens is 4. The zero-order valence-corrected chi connectivity index (χ0v) is 17.2. The number of carbonyl (C=O) groups excluding carboxylic acids is 2. The average molecular weight is 461 g/mol. The molecule has 0 aliphatic heterocycles. The third-order valence-electron chi connectivity index (χ3n) is 5.52. The van der Waals surface area contributed by atoms with Gasteiger partial charge in [-0.3, -0.25) is 9.59 Å². The lowest BCUT2D eigenvalue weighted by Crippen LogP contribution is -2.33. The van der Waals surface area contributed by atoms with Gasteiger partial charge < -0.3 is 15.2 Å². The van der Waals surface area contributed by atoms with Crippen LogP contribution in [0, 0.1) is 11.2 Å². The van der Waals surface area contributed by atoms with Crippen LogP contribution >= 0.6 is 0 Å². The van der Waals surface area contributed by atoms with E-state index in [0.29, 0.717) is 24.6 Å². The summed E-state index contributed by atoms with van der Waals surface area (Å²) in [5.41, 5.74) is -1.02.